The summed E-state index contributed by atoms with van der Waals surface area (Å²) in [4.78, 5) is 27.8. The first-order chi connectivity index (χ1) is 11.0. The number of halogens is 1. The highest BCUT2D eigenvalue weighted by atomic mass is 35.5. The zero-order valence-electron chi connectivity index (χ0n) is 12.3. The number of nitrogens with one attached hydrogen (secondary N) is 1. The summed E-state index contributed by atoms with van der Waals surface area (Å²) in [5.74, 6) is -2.15. The summed E-state index contributed by atoms with van der Waals surface area (Å²) in [5, 5.41) is 20.1. The number of aromatic amines is 1. The number of rotatable bonds is 4. The van der Waals surface area contributed by atoms with Gasteiger partial charge in [0.2, 0.25) is 0 Å². The van der Waals surface area contributed by atoms with Crippen LogP contribution in [0.15, 0.2) is 24.4 Å². The average Bonchev–Trinajstić information content (AvgIpc) is 2.91. The lowest BCUT2D eigenvalue weighted by Gasteiger charge is -2.34. The van der Waals surface area contributed by atoms with Gasteiger partial charge in [0.25, 0.3) is 0 Å². The van der Waals surface area contributed by atoms with Crippen molar-refractivity contribution in [1.82, 2.24) is 9.88 Å². The van der Waals surface area contributed by atoms with Gasteiger partial charge in [-0.2, -0.15) is 0 Å². The van der Waals surface area contributed by atoms with Crippen molar-refractivity contribution < 1.29 is 19.8 Å². The lowest BCUT2D eigenvalue weighted by molar-refractivity contribution is -0.146. The molecule has 3 N–H and O–H groups in total. The molecule has 1 fully saturated rings. The van der Waals surface area contributed by atoms with Crippen LogP contribution in [0.1, 0.15) is 24.4 Å². The molecule has 1 aromatic heterocycles. The Morgan fingerprint density at radius 2 is 1.96 bits per heavy atom. The summed E-state index contributed by atoms with van der Waals surface area (Å²) < 4.78 is 0. The van der Waals surface area contributed by atoms with Gasteiger partial charge in [0.15, 0.2) is 0 Å². The Kier molecular flexibility index (Phi) is 4.28. The van der Waals surface area contributed by atoms with Gasteiger partial charge in [-0.1, -0.05) is 11.6 Å². The summed E-state index contributed by atoms with van der Waals surface area (Å²) in [7, 11) is 0. The molecule has 0 radical (unpaired) electrons. The van der Waals surface area contributed by atoms with Crippen LogP contribution in [-0.4, -0.2) is 45.1 Å². The van der Waals surface area contributed by atoms with Crippen molar-refractivity contribution in [1.29, 1.82) is 0 Å². The highest BCUT2D eigenvalue weighted by Crippen LogP contribution is 2.33. The van der Waals surface area contributed by atoms with Crippen molar-refractivity contribution in [2.45, 2.75) is 18.9 Å². The second-order valence-electron chi connectivity index (χ2n) is 5.82. The summed E-state index contributed by atoms with van der Waals surface area (Å²) in [5.41, 5.74) is 1.49. The minimum Gasteiger partial charge on any atom is -0.481 e. The first kappa shape index (κ1) is 15.8. The molecular formula is C16H17ClN2O4. The van der Waals surface area contributed by atoms with Crippen molar-refractivity contribution >= 4 is 34.4 Å². The molecule has 1 aromatic carbocycles. The molecule has 1 atom stereocenters. The molecule has 7 heteroatoms. The van der Waals surface area contributed by atoms with Gasteiger partial charge in [-0.05, 0) is 31.0 Å². The molecule has 122 valence electrons. The minimum atomic E-state index is -0.945. The van der Waals surface area contributed by atoms with E-state index in [1.807, 2.05) is 11.0 Å². The van der Waals surface area contributed by atoms with E-state index in [4.69, 9.17) is 16.7 Å². The third-order valence-electron chi connectivity index (χ3n) is 4.45. The molecule has 6 nitrogen and oxygen atoms in total. The van der Waals surface area contributed by atoms with Crippen LogP contribution in [0.5, 0.6) is 0 Å². The van der Waals surface area contributed by atoms with E-state index in [2.05, 4.69) is 4.98 Å². The number of carbonyl (C=O) groups is 2. The van der Waals surface area contributed by atoms with Gasteiger partial charge < -0.3 is 15.2 Å². The van der Waals surface area contributed by atoms with Crippen LogP contribution >= 0.6 is 11.6 Å². The van der Waals surface area contributed by atoms with E-state index in [0.29, 0.717) is 36.5 Å². The molecule has 0 spiro atoms. The summed E-state index contributed by atoms with van der Waals surface area (Å²) in [6, 6.07) is 4.51. The maximum absolute atomic E-state index is 11.8. The second-order valence-corrected chi connectivity index (χ2v) is 6.26. The number of likely N-dealkylation sites (tertiary alicyclic amines) is 1. The molecule has 0 bridgehead atoms. The number of hydrogen-bond acceptors (Lipinski definition) is 3. The van der Waals surface area contributed by atoms with E-state index >= 15 is 0 Å². The number of aromatic nitrogens is 1. The molecule has 1 saturated heterocycles. The van der Waals surface area contributed by atoms with Crippen LogP contribution in [-0.2, 0) is 9.59 Å². The van der Waals surface area contributed by atoms with Crippen LogP contribution in [0, 0.1) is 5.92 Å². The fourth-order valence-corrected chi connectivity index (χ4v) is 3.40. The molecule has 1 unspecified atom stereocenters. The van der Waals surface area contributed by atoms with E-state index in [1.54, 1.807) is 18.3 Å². The largest absolute Gasteiger partial charge is 0.481 e. The lowest BCUT2D eigenvalue weighted by Crippen LogP contribution is -2.41. The SMILES string of the molecule is O=C(O)C1CCN(C(C(=O)O)c2c[nH]c3ccc(Cl)cc23)CC1. The maximum Gasteiger partial charge on any atom is 0.325 e. The standard InChI is InChI=1S/C16H17ClN2O4/c17-10-1-2-13-11(7-10)12(8-18-13)14(16(22)23)19-5-3-9(4-6-19)15(20)21/h1-2,7-9,14,18H,3-6H2,(H,20,21)(H,22,23). The van der Waals surface area contributed by atoms with Gasteiger partial charge in [0.05, 0.1) is 5.92 Å². The Hall–Kier alpha value is -2.05. The number of carboxylic acids is 2. The number of nitrogens with zero attached hydrogens (tertiary/aromatic N) is 1. The third kappa shape index (κ3) is 3.04. The van der Waals surface area contributed by atoms with Crippen LogP contribution in [0.2, 0.25) is 5.02 Å². The second kappa shape index (κ2) is 6.22. The molecular weight excluding hydrogens is 320 g/mol. The minimum absolute atomic E-state index is 0.391. The molecule has 2 heterocycles. The number of H-pyrrole nitrogens is 1. The topological polar surface area (TPSA) is 93.6 Å². The zero-order chi connectivity index (χ0) is 16.6. The highest BCUT2D eigenvalue weighted by Gasteiger charge is 2.34. The number of carboxylic acid groups (broad SMARTS) is 2. The number of piperidine rings is 1. The zero-order valence-corrected chi connectivity index (χ0v) is 13.1. The molecule has 1 aliphatic heterocycles. The number of benzene rings is 1. The molecule has 0 aliphatic carbocycles. The Labute approximate surface area is 137 Å². The fourth-order valence-electron chi connectivity index (χ4n) is 3.23. The maximum atomic E-state index is 11.8. The summed E-state index contributed by atoms with van der Waals surface area (Å²) >= 11 is 6.03. The van der Waals surface area contributed by atoms with Crippen molar-refractivity contribution in [3.05, 3.63) is 35.0 Å². The van der Waals surface area contributed by atoms with Crippen LogP contribution < -0.4 is 0 Å². The normalized spacial score (nSPS) is 18.1. The summed E-state index contributed by atoms with van der Waals surface area (Å²) in [6.45, 7) is 0.891. The van der Waals surface area contributed by atoms with Crippen molar-refractivity contribution in [2.24, 2.45) is 5.92 Å². The van der Waals surface area contributed by atoms with Crippen LogP contribution in [0.3, 0.4) is 0 Å². The summed E-state index contributed by atoms with van der Waals surface area (Å²) in [6.07, 6.45) is 2.62. The molecule has 2 aromatic rings. The fraction of sp³-hybridized carbons (Fsp3) is 0.375. The van der Waals surface area contributed by atoms with Gasteiger partial charge in [0.1, 0.15) is 6.04 Å². The van der Waals surface area contributed by atoms with Gasteiger partial charge in [0, 0.05) is 40.8 Å². The quantitative estimate of drug-likeness (QED) is 0.798. The lowest BCUT2D eigenvalue weighted by atomic mass is 9.94. The Balaban J connectivity index is 1.91. The van der Waals surface area contributed by atoms with Crippen molar-refractivity contribution in [3.63, 3.8) is 0 Å². The molecule has 3 rings (SSSR count). The van der Waals surface area contributed by atoms with Crippen LogP contribution in [0.4, 0.5) is 0 Å². The monoisotopic (exact) mass is 336 g/mol. The van der Waals surface area contributed by atoms with Gasteiger partial charge in [-0.25, -0.2) is 0 Å². The van der Waals surface area contributed by atoms with E-state index in [-0.39, 0.29) is 0 Å². The number of fused-ring (bicyclic) bond motifs is 1. The van der Waals surface area contributed by atoms with Crippen molar-refractivity contribution in [2.75, 3.05) is 13.1 Å². The predicted molar refractivity (Wildman–Crippen MR) is 85.6 cm³/mol. The predicted octanol–water partition coefficient (Wildman–Crippen LogP) is 2.74. The first-order valence-electron chi connectivity index (χ1n) is 7.43. The van der Waals surface area contributed by atoms with Gasteiger partial charge in [-0.15, -0.1) is 0 Å². The number of aliphatic carboxylic acids is 2. The molecule has 0 amide bonds. The first-order valence-corrected chi connectivity index (χ1v) is 7.81. The van der Waals surface area contributed by atoms with E-state index < -0.39 is 23.9 Å². The molecule has 0 saturated carbocycles. The van der Waals surface area contributed by atoms with E-state index in [0.717, 1.165) is 10.9 Å². The Morgan fingerprint density at radius 3 is 2.57 bits per heavy atom. The van der Waals surface area contributed by atoms with Crippen molar-refractivity contribution in [3.8, 4) is 0 Å². The number of hydrogen-bond donors (Lipinski definition) is 3. The van der Waals surface area contributed by atoms with E-state index in [9.17, 15) is 14.7 Å². The molecule has 1 aliphatic rings. The highest BCUT2D eigenvalue weighted by molar-refractivity contribution is 6.31. The molecule has 23 heavy (non-hydrogen) atoms. The Morgan fingerprint density at radius 1 is 1.26 bits per heavy atom. The Bertz CT molecular complexity index is 750. The van der Waals surface area contributed by atoms with Gasteiger partial charge >= 0.3 is 11.9 Å². The van der Waals surface area contributed by atoms with E-state index in [1.165, 1.54) is 0 Å². The van der Waals surface area contributed by atoms with Crippen LogP contribution in [0.25, 0.3) is 10.9 Å². The average molecular weight is 337 g/mol. The smallest absolute Gasteiger partial charge is 0.325 e. The third-order valence-corrected chi connectivity index (χ3v) is 4.68. The van der Waals surface area contributed by atoms with Gasteiger partial charge in [-0.3, -0.25) is 14.5 Å².